The van der Waals surface area contributed by atoms with Gasteiger partial charge in [-0.15, -0.1) is 0 Å². The third-order valence-electron chi connectivity index (χ3n) is 2.45. The van der Waals surface area contributed by atoms with Crippen LogP contribution in [0, 0.1) is 0 Å². The number of carbonyl (C=O) groups is 1. The molecule has 1 amide bonds. The topological polar surface area (TPSA) is 72.8 Å². The van der Waals surface area contributed by atoms with Gasteiger partial charge in [0.1, 0.15) is 0 Å². The summed E-state index contributed by atoms with van der Waals surface area (Å²) in [6.45, 7) is 1.10. The van der Waals surface area contributed by atoms with Crippen molar-refractivity contribution in [2.75, 3.05) is 20.3 Å². The van der Waals surface area contributed by atoms with Gasteiger partial charge in [-0.3, -0.25) is 4.79 Å². The van der Waals surface area contributed by atoms with Crippen LogP contribution in [0.15, 0.2) is 24.3 Å². The first-order chi connectivity index (χ1) is 8.17. The monoisotopic (exact) mass is 236 g/mol. The van der Waals surface area contributed by atoms with Crippen LogP contribution < -0.4 is 10.8 Å². The Bertz CT molecular complexity index is 360. The number of benzene rings is 1. The number of carbonyl (C=O) groups excluding carboxylic acids is 1. The lowest BCUT2D eigenvalue weighted by molar-refractivity contribution is -0.118. The zero-order valence-electron chi connectivity index (χ0n) is 9.84. The molecule has 5 nitrogen and oxygen atoms in total. The maximum Gasteiger partial charge on any atom is 0.488 e. The summed E-state index contributed by atoms with van der Waals surface area (Å²) in [5.41, 5.74) is 1.44. The molecule has 0 atom stereocenters. The lowest BCUT2D eigenvalue weighted by Crippen LogP contribution is -2.33. The number of nitrogens with zero attached hydrogens (tertiary/aromatic N) is 1. The summed E-state index contributed by atoms with van der Waals surface area (Å²) in [5.74, 6) is 0. The maximum atomic E-state index is 10.7. The van der Waals surface area contributed by atoms with E-state index in [9.17, 15) is 4.79 Å². The minimum Gasteiger partial charge on any atom is -0.423 e. The molecule has 1 aromatic carbocycles. The number of nitrogens with one attached hydrogen (secondary N) is 1. The standard InChI is InChI=1S/C11H17BN2O3/c1-13-8-14(9-15)6-5-10-3-2-4-11(7-10)12(16)17/h2-4,7,9,13,16-17H,5-6,8H2,1H3. The van der Waals surface area contributed by atoms with Crippen molar-refractivity contribution in [1.82, 2.24) is 10.2 Å². The van der Waals surface area contributed by atoms with Crippen molar-refractivity contribution < 1.29 is 14.8 Å². The number of hydrogen-bond donors (Lipinski definition) is 3. The van der Waals surface area contributed by atoms with Gasteiger partial charge >= 0.3 is 7.12 Å². The molecule has 0 saturated heterocycles. The zero-order valence-corrected chi connectivity index (χ0v) is 9.84. The van der Waals surface area contributed by atoms with Crippen LogP contribution in [0.4, 0.5) is 0 Å². The molecule has 0 saturated carbocycles. The van der Waals surface area contributed by atoms with E-state index >= 15 is 0 Å². The van der Waals surface area contributed by atoms with Gasteiger partial charge in [-0.1, -0.05) is 24.3 Å². The molecule has 1 rings (SSSR count). The van der Waals surface area contributed by atoms with Crippen LogP contribution in [0.25, 0.3) is 0 Å². The van der Waals surface area contributed by atoms with E-state index in [1.54, 1.807) is 30.1 Å². The summed E-state index contributed by atoms with van der Waals surface area (Å²) < 4.78 is 0. The van der Waals surface area contributed by atoms with Crippen LogP contribution in [0.5, 0.6) is 0 Å². The predicted octanol–water partition coefficient (Wildman–Crippen LogP) is -1.46. The molecule has 0 heterocycles. The smallest absolute Gasteiger partial charge is 0.423 e. The SMILES string of the molecule is CNCN(C=O)CCc1cccc(B(O)O)c1. The highest BCUT2D eigenvalue weighted by Gasteiger charge is 2.10. The first-order valence-corrected chi connectivity index (χ1v) is 5.46. The van der Waals surface area contributed by atoms with Crippen molar-refractivity contribution in [3.63, 3.8) is 0 Å². The predicted molar refractivity (Wildman–Crippen MR) is 66.7 cm³/mol. The maximum absolute atomic E-state index is 10.7. The summed E-state index contributed by atoms with van der Waals surface area (Å²) in [7, 11) is 0.327. The van der Waals surface area contributed by atoms with E-state index in [2.05, 4.69) is 5.32 Å². The molecule has 17 heavy (non-hydrogen) atoms. The van der Waals surface area contributed by atoms with Gasteiger partial charge in [-0.2, -0.15) is 0 Å². The molecule has 0 aliphatic heterocycles. The van der Waals surface area contributed by atoms with E-state index in [0.717, 1.165) is 12.0 Å². The molecule has 0 fully saturated rings. The first-order valence-electron chi connectivity index (χ1n) is 5.46. The molecule has 0 bridgehead atoms. The fourth-order valence-electron chi connectivity index (χ4n) is 1.55. The number of amides is 1. The van der Waals surface area contributed by atoms with Crippen LogP contribution in [0.3, 0.4) is 0 Å². The average molecular weight is 236 g/mol. The van der Waals surface area contributed by atoms with Gasteiger partial charge in [0, 0.05) is 6.54 Å². The molecular formula is C11H17BN2O3. The van der Waals surface area contributed by atoms with Crippen molar-refractivity contribution >= 4 is 19.0 Å². The molecule has 0 radical (unpaired) electrons. The average Bonchev–Trinajstić information content (AvgIpc) is 2.34. The van der Waals surface area contributed by atoms with E-state index in [-0.39, 0.29) is 0 Å². The summed E-state index contributed by atoms with van der Waals surface area (Å²) in [6, 6.07) is 7.05. The molecule has 3 N–H and O–H groups in total. The highest BCUT2D eigenvalue weighted by molar-refractivity contribution is 6.58. The number of rotatable bonds is 7. The van der Waals surface area contributed by atoms with Gasteiger partial charge < -0.3 is 20.3 Å². The fraction of sp³-hybridized carbons (Fsp3) is 0.364. The summed E-state index contributed by atoms with van der Waals surface area (Å²) >= 11 is 0. The Morgan fingerprint density at radius 2 is 2.24 bits per heavy atom. The van der Waals surface area contributed by atoms with E-state index in [4.69, 9.17) is 10.0 Å². The first kappa shape index (κ1) is 13.7. The third kappa shape index (κ3) is 4.56. The molecule has 0 spiro atoms. The Morgan fingerprint density at radius 1 is 1.47 bits per heavy atom. The Balaban J connectivity index is 2.56. The van der Waals surface area contributed by atoms with Crippen LogP contribution >= 0.6 is 0 Å². The van der Waals surface area contributed by atoms with Crippen molar-refractivity contribution in [3.8, 4) is 0 Å². The second kappa shape index (κ2) is 7.06. The summed E-state index contributed by atoms with van der Waals surface area (Å²) in [5, 5.41) is 21.0. The van der Waals surface area contributed by atoms with E-state index < -0.39 is 7.12 Å². The van der Waals surface area contributed by atoms with E-state index in [1.165, 1.54) is 0 Å². The van der Waals surface area contributed by atoms with Gasteiger partial charge in [-0.25, -0.2) is 0 Å². The van der Waals surface area contributed by atoms with Gasteiger partial charge in [0.25, 0.3) is 0 Å². The lowest BCUT2D eigenvalue weighted by atomic mass is 9.79. The minimum atomic E-state index is -1.45. The molecule has 0 aromatic heterocycles. The molecule has 0 aliphatic rings. The van der Waals surface area contributed by atoms with E-state index in [0.29, 0.717) is 25.1 Å². The Hall–Kier alpha value is -1.37. The summed E-state index contributed by atoms with van der Waals surface area (Å²) in [6.07, 6.45) is 1.47. The number of hydrogen-bond acceptors (Lipinski definition) is 4. The fourth-order valence-corrected chi connectivity index (χ4v) is 1.55. The molecule has 0 unspecified atom stereocenters. The second-order valence-corrected chi connectivity index (χ2v) is 3.80. The van der Waals surface area contributed by atoms with Crippen molar-refractivity contribution in [3.05, 3.63) is 29.8 Å². The lowest BCUT2D eigenvalue weighted by Gasteiger charge is -2.16. The molecule has 6 heteroatoms. The zero-order chi connectivity index (χ0) is 12.7. The quantitative estimate of drug-likeness (QED) is 0.307. The summed E-state index contributed by atoms with van der Waals surface area (Å²) in [4.78, 5) is 12.3. The van der Waals surface area contributed by atoms with Crippen molar-refractivity contribution in [2.24, 2.45) is 0 Å². The Kier molecular flexibility index (Phi) is 5.69. The highest BCUT2D eigenvalue weighted by Crippen LogP contribution is 1.99. The van der Waals surface area contributed by atoms with E-state index in [1.807, 2.05) is 6.07 Å². The Morgan fingerprint density at radius 3 is 2.82 bits per heavy atom. The Labute approximate surface area is 101 Å². The van der Waals surface area contributed by atoms with Gasteiger partial charge in [0.15, 0.2) is 0 Å². The van der Waals surface area contributed by atoms with Gasteiger partial charge in [0.2, 0.25) is 6.41 Å². The van der Waals surface area contributed by atoms with Gasteiger partial charge in [0.05, 0.1) is 6.67 Å². The highest BCUT2D eigenvalue weighted by atomic mass is 16.4. The third-order valence-corrected chi connectivity index (χ3v) is 2.45. The van der Waals surface area contributed by atoms with Crippen LogP contribution in [0.1, 0.15) is 5.56 Å². The minimum absolute atomic E-state index is 0.466. The normalized spacial score (nSPS) is 10.1. The van der Waals surface area contributed by atoms with Crippen LogP contribution in [-0.2, 0) is 11.2 Å². The van der Waals surface area contributed by atoms with Crippen LogP contribution in [-0.4, -0.2) is 48.7 Å². The van der Waals surface area contributed by atoms with Crippen LogP contribution in [0.2, 0.25) is 0 Å². The molecular weight excluding hydrogens is 219 g/mol. The largest absolute Gasteiger partial charge is 0.488 e. The van der Waals surface area contributed by atoms with Crippen molar-refractivity contribution in [2.45, 2.75) is 6.42 Å². The molecule has 92 valence electrons. The molecule has 0 aliphatic carbocycles. The second-order valence-electron chi connectivity index (χ2n) is 3.80. The molecule has 1 aromatic rings. The van der Waals surface area contributed by atoms with Crippen molar-refractivity contribution in [1.29, 1.82) is 0 Å². The van der Waals surface area contributed by atoms with Gasteiger partial charge in [-0.05, 0) is 24.5 Å².